The number of hydrogen-bond donors (Lipinski definition) is 0. The number of rotatable bonds is 4. The minimum atomic E-state index is 0.0307. The molecule has 1 saturated heterocycles. The summed E-state index contributed by atoms with van der Waals surface area (Å²) in [5.74, 6) is 2.38. The molecule has 27 heavy (non-hydrogen) atoms. The molecule has 1 fully saturated rings. The number of benzene rings is 2. The molecule has 0 bridgehead atoms. The van der Waals surface area contributed by atoms with E-state index in [1.807, 2.05) is 53.4 Å². The maximum absolute atomic E-state index is 12.8. The van der Waals surface area contributed by atoms with E-state index in [-0.39, 0.29) is 11.9 Å². The van der Waals surface area contributed by atoms with Crippen LogP contribution in [0, 0.1) is 0 Å². The van der Waals surface area contributed by atoms with Crippen molar-refractivity contribution < 1.29 is 19.0 Å². The van der Waals surface area contributed by atoms with Crippen LogP contribution < -0.4 is 14.2 Å². The molecule has 2 aliphatic rings. The third kappa shape index (κ3) is 3.77. The quantitative estimate of drug-likeness (QED) is 0.773. The molecule has 5 nitrogen and oxygen atoms in total. The van der Waals surface area contributed by atoms with E-state index >= 15 is 0 Å². The Morgan fingerprint density at radius 2 is 1.89 bits per heavy atom. The van der Waals surface area contributed by atoms with Crippen molar-refractivity contribution in [3.05, 3.63) is 59.7 Å². The van der Waals surface area contributed by atoms with Crippen LogP contribution in [0.25, 0.3) is 6.08 Å². The van der Waals surface area contributed by atoms with Gasteiger partial charge in [-0.15, -0.1) is 0 Å². The van der Waals surface area contributed by atoms with Crippen molar-refractivity contribution in [2.45, 2.75) is 18.9 Å². The molecule has 2 heterocycles. The predicted octanol–water partition coefficient (Wildman–Crippen LogP) is 3.84. The average molecular weight is 365 g/mol. The van der Waals surface area contributed by atoms with Crippen LogP contribution in [0.15, 0.2) is 48.5 Å². The van der Waals surface area contributed by atoms with Gasteiger partial charge in [-0.2, -0.15) is 0 Å². The van der Waals surface area contributed by atoms with Gasteiger partial charge < -0.3 is 19.1 Å². The van der Waals surface area contributed by atoms with E-state index in [4.69, 9.17) is 14.2 Å². The van der Waals surface area contributed by atoms with E-state index < -0.39 is 0 Å². The molecule has 1 amide bonds. The Hall–Kier alpha value is -2.95. The Bertz CT molecular complexity index is 844. The Balaban J connectivity index is 1.48. The van der Waals surface area contributed by atoms with E-state index in [2.05, 4.69) is 0 Å². The molecule has 2 aromatic rings. The molecule has 1 atom stereocenters. The first-order valence-electron chi connectivity index (χ1n) is 9.27. The summed E-state index contributed by atoms with van der Waals surface area (Å²) in [5, 5.41) is 0. The van der Waals surface area contributed by atoms with Gasteiger partial charge >= 0.3 is 0 Å². The van der Waals surface area contributed by atoms with E-state index in [9.17, 15) is 4.79 Å². The van der Waals surface area contributed by atoms with Gasteiger partial charge in [0.25, 0.3) is 0 Å². The van der Waals surface area contributed by atoms with Crippen molar-refractivity contribution in [3.63, 3.8) is 0 Å². The maximum Gasteiger partial charge on any atom is 0.247 e. The summed E-state index contributed by atoms with van der Waals surface area (Å²) in [7, 11) is 1.64. The number of amides is 1. The molecule has 0 radical (unpaired) electrons. The largest absolute Gasteiger partial charge is 0.497 e. The number of fused-ring (bicyclic) bond motifs is 1. The highest BCUT2D eigenvalue weighted by Gasteiger charge is 2.29. The topological polar surface area (TPSA) is 48.0 Å². The van der Waals surface area contributed by atoms with Crippen molar-refractivity contribution in [3.8, 4) is 17.2 Å². The summed E-state index contributed by atoms with van der Waals surface area (Å²) >= 11 is 0. The molecule has 1 unspecified atom stereocenters. The molecule has 0 aliphatic carbocycles. The lowest BCUT2D eigenvalue weighted by atomic mass is 10.0. The summed E-state index contributed by atoms with van der Waals surface area (Å²) in [6.45, 7) is 1.91. The first-order valence-corrected chi connectivity index (χ1v) is 9.27. The molecule has 4 rings (SSSR count). The highest BCUT2D eigenvalue weighted by atomic mass is 16.6. The van der Waals surface area contributed by atoms with Crippen LogP contribution in [0.3, 0.4) is 0 Å². The first kappa shape index (κ1) is 17.5. The Morgan fingerprint density at radius 3 is 2.67 bits per heavy atom. The smallest absolute Gasteiger partial charge is 0.247 e. The van der Waals surface area contributed by atoms with Crippen molar-refractivity contribution in [1.29, 1.82) is 0 Å². The molecular formula is C22H23NO4. The normalized spacial score (nSPS) is 18.7. The zero-order valence-corrected chi connectivity index (χ0v) is 15.4. The fraction of sp³-hybridized carbons (Fsp3) is 0.318. The van der Waals surface area contributed by atoms with Gasteiger partial charge in [0.05, 0.1) is 13.2 Å². The van der Waals surface area contributed by atoms with Crippen LogP contribution in [0.4, 0.5) is 0 Å². The van der Waals surface area contributed by atoms with E-state index in [1.54, 1.807) is 13.2 Å². The summed E-state index contributed by atoms with van der Waals surface area (Å²) in [4.78, 5) is 14.7. The minimum absolute atomic E-state index is 0.0307. The van der Waals surface area contributed by atoms with Crippen LogP contribution in [0.2, 0.25) is 0 Å². The van der Waals surface area contributed by atoms with Crippen molar-refractivity contribution in [2.75, 3.05) is 26.9 Å². The highest BCUT2D eigenvalue weighted by Crippen LogP contribution is 2.38. The number of hydrogen-bond acceptors (Lipinski definition) is 4. The van der Waals surface area contributed by atoms with E-state index in [1.165, 1.54) is 0 Å². The SMILES string of the molecule is COc1ccc(C=CC(=O)N2CCCC2c2ccc3c(c2)OCCO3)cc1. The van der Waals surface area contributed by atoms with Crippen molar-refractivity contribution in [1.82, 2.24) is 4.90 Å². The van der Waals surface area contributed by atoms with E-state index in [0.717, 1.165) is 47.8 Å². The minimum Gasteiger partial charge on any atom is -0.497 e. The van der Waals surface area contributed by atoms with Gasteiger partial charge in [-0.25, -0.2) is 0 Å². The lowest BCUT2D eigenvalue weighted by Crippen LogP contribution is -2.29. The van der Waals surface area contributed by atoms with Gasteiger partial charge in [0.1, 0.15) is 19.0 Å². The molecule has 0 aromatic heterocycles. The second-order valence-corrected chi connectivity index (χ2v) is 6.70. The lowest BCUT2D eigenvalue weighted by molar-refractivity contribution is -0.126. The Labute approximate surface area is 159 Å². The van der Waals surface area contributed by atoms with Crippen LogP contribution in [0.5, 0.6) is 17.2 Å². The Morgan fingerprint density at radius 1 is 1.11 bits per heavy atom. The molecule has 2 aromatic carbocycles. The zero-order chi connectivity index (χ0) is 18.6. The first-order chi connectivity index (χ1) is 13.2. The van der Waals surface area contributed by atoms with Gasteiger partial charge in [0.2, 0.25) is 5.91 Å². The zero-order valence-electron chi connectivity index (χ0n) is 15.4. The second kappa shape index (κ2) is 7.74. The summed E-state index contributed by atoms with van der Waals surface area (Å²) in [6.07, 6.45) is 5.46. The fourth-order valence-corrected chi connectivity index (χ4v) is 3.62. The molecule has 0 spiro atoms. The van der Waals surface area contributed by atoms with Crippen molar-refractivity contribution >= 4 is 12.0 Å². The van der Waals surface area contributed by atoms with Gasteiger partial charge in [0, 0.05) is 12.6 Å². The van der Waals surface area contributed by atoms with E-state index in [0.29, 0.717) is 13.2 Å². The lowest BCUT2D eigenvalue weighted by Gasteiger charge is -2.26. The number of likely N-dealkylation sites (tertiary alicyclic amines) is 1. The number of ether oxygens (including phenoxy) is 3. The van der Waals surface area contributed by atoms with Crippen LogP contribution in [-0.4, -0.2) is 37.7 Å². The monoisotopic (exact) mass is 365 g/mol. The highest BCUT2D eigenvalue weighted by molar-refractivity contribution is 5.92. The number of carbonyl (C=O) groups excluding carboxylic acids is 1. The van der Waals surface area contributed by atoms with Gasteiger partial charge in [0.15, 0.2) is 11.5 Å². The van der Waals surface area contributed by atoms with Gasteiger partial charge in [-0.1, -0.05) is 18.2 Å². The third-order valence-corrected chi connectivity index (χ3v) is 5.02. The maximum atomic E-state index is 12.8. The average Bonchev–Trinajstić information content (AvgIpc) is 3.22. The Kier molecular flexibility index (Phi) is 5.01. The van der Waals surface area contributed by atoms with Gasteiger partial charge in [-0.3, -0.25) is 4.79 Å². The number of methoxy groups -OCH3 is 1. The van der Waals surface area contributed by atoms with Gasteiger partial charge in [-0.05, 0) is 54.3 Å². The molecule has 140 valence electrons. The van der Waals surface area contributed by atoms with Crippen LogP contribution in [0.1, 0.15) is 30.0 Å². The fourth-order valence-electron chi connectivity index (χ4n) is 3.62. The molecule has 5 heteroatoms. The molecule has 0 N–H and O–H groups in total. The summed E-state index contributed by atoms with van der Waals surface area (Å²) in [5.41, 5.74) is 2.07. The standard InChI is InChI=1S/C22H23NO4/c1-25-18-8-4-16(5-9-18)6-11-22(24)23-12-2-3-19(23)17-7-10-20-21(15-17)27-14-13-26-20/h4-11,15,19H,2-3,12-14H2,1H3. The second-order valence-electron chi connectivity index (χ2n) is 6.70. The third-order valence-electron chi connectivity index (χ3n) is 5.02. The molecule has 0 saturated carbocycles. The summed E-state index contributed by atoms with van der Waals surface area (Å²) in [6, 6.07) is 13.7. The molecule has 2 aliphatic heterocycles. The van der Waals surface area contributed by atoms with Crippen LogP contribution >= 0.6 is 0 Å². The summed E-state index contributed by atoms with van der Waals surface area (Å²) < 4.78 is 16.4. The number of carbonyl (C=O) groups is 1. The van der Waals surface area contributed by atoms with Crippen molar-refractivity contribution in [2.24, 2.45) is 0 Å². The molecular weight excluding hydrogens is 342 g/mol. The van der Waals surface area contributed by atoms with Crippen LogP contribution in [-0.2, 0) is 4.79 Å². The number of nitrogens with zero attached hydrogens (tertiary/aromatic N) is 1. The predicted molar refractivity (Wildman–Crippen MR) is 103 cm³/mol.